The highest BCUT2D eigenvalue weighted by atomic mass is 16.7. The molecule has 0 spiro atoms. The average molecular weight is 617 g/mol. The van der Waals surface area contributed by atoms with Crippen molar-refractivity contribution in [3.05, 3.63) is 65.6 Å². The van der Waals surface area contributed by atoms with Gasteiger partial charge < -0.3 is 33.6 Å². The van der Waals surface area contributed by atoms with Crippen molar-refractivity contribution < 1.29 is 33.0 Å². The number of furan rings is 1. The highest BCUT2D eigenvalue weighted by Gasteiger charge is 2.36. The van der Waals surface area contributed by atoms with E-state index < -0.39 is 11.9 Å². The molecule has 3 heterocycles. The number of rotatable bonds is 11. The molecule has 13 nitrogen and oxygen atoms in total. The van der Waals surface area contributed by atoms with Crippen LogP contribution in [0, 0.1) is 6.92 Å². The van der Waals surface area contributed by atoms with E-state index >= 15 is 0 Å². The lowest BCUT2D eigenvalue weighted by molar-refractivity contribution is -0.143. The molecule has 6 rings (SSSR count). The Hall–Kier alpha value is -5.07. The van der Waals surface area contributed by atoms with Crippen molar-refractivity contribution in [2.45, 2.75) is 64.2 Å². The van der Waals surface area contributed by atoms with Crippen LogP contribution in [0.3, 0.4) is 0 Å². The number of nitrogens with one attached hydrogen (secondary N) is 1. The second-order valence-electron chi connectivity index (χ2n) is 11.1. The number of aromatic nitrogens is 4. The Morgan fingerprint density at radius 2 is 1.80 bits per heavy atom. The molecule has 1 N–H and O–H groups in total. The van der Waals surface area contributed by atoms with Gasteiger partial charge in [-0.2, -0.15) is 4.80 Å². The lowest BCUT2D eigenvalue weighted by Gasteiger charge is -2.32. The first-order chi connectivity index (χ1) is 21.9. The molecule has 45 heavy (non-hydrogen) atoms. The summed E-state index contributed by atoms with van der Waals surface area (Å²) >= 11 is 0. The fraction of sp³-hybridized carbons (Fsp3) is 0.406. The maximum atomic E-state index is 14.2. The number of nitrogens with zero attached hydrogens (tertiary/aromatic N) is 5. The smallest absolute Gasteiger partial charge is 0.250 e. The van der Waals surface area contributed by atoms with E-state index in [1.54, 1.807) is 57.5 Å². The molecule has 2 amide bonds. The third-order valence-electron chi connectivity index (χ3n) is 8.02. The molecule has 4 aromatic rings. The summed E-state index contributed by atoms with van der Waals surface area (Å²) in [7, 11) is 3.10. The van der Waals surface area contributed by atoms with E-state index in [9.17, 15) is 9.59 Å². The number of fused-ring (bicyclic) bond motifs is 1. The van der Waals surface area contributed by atoms with Crippen molar-refractivity contribution >= 4 is 11.8 Å². The molecule has 2 aromatic heterocycles. The van der Waals surface area contributed by atoms with E-state index in [2.05, 4.69) is 20.7 Å². The van der Waals surface area contributed by atoms with Crippen LogP contribution >= 0.6 is 0 Å². The molecule has 0 radical (unpaired) electrons. The van der Waals surface area contributed by atoms with E-state index in [-0.39, 0.29) is 31.8 Å². The van der Waals surface area contributed by atoms with Crippen LogP contribution in [0.5, 0.6) is 23.0 Å². The number of methoxy groups -OCH3 is 2. The number of aryl methyl sites for hydroxylation is 1. The van der Waals surface area contributed by atoms with E-state index in [1.165, 1.54) is 9.70 Å². The Morgan fingerprint density at radius 3 is 2.56 bits per heavy atom. The number of carbonyl (C=O) groups is 2. The van der Waals surface area contributed by atoms with E-state index in [0.717, 1.165) is 37.7 Å². The number of hydrogen-bond donors (Lipinski definition) is 1. The van der Waals surface area contributed by atoms with Gasteiger partial charge >= 0.3 is 0 Å². The number of benzene rings is 2. The van der Waals surface area contributed by atoms with Gasteiger partial charge in [-0.1, -0.05) is 25.3 Å². The van der Waals surface area contributed by atoms with Gasteiger partial charge in [0.05, 0.1) is 14.2 Å². The lowest BCUT2D eigenvalue weighted by atomic mass is 9.95. The minimum atomic E-state index is -1.03. The summed E-state index contributed by atoms with van der Waals surface area (Å²) in [5.41, 5.74) is 1.39. The number of hydrogen-bond acceptors (Lipinski definition) is 10. The van der Waals surface area contributed by atoms with Crippen LogP contribution in [-0.4, -0.2) is 64.0 Å². The van der Waals surface area contributed by atoms with E-state index in [0.29, 0.717) is 45.9 Å². The normalized spacial score (nSPS) is 15.0. The standard InChI is InChI=1S/C32H36N6O7/c1-20-9-12-26(45-20)30(32(40)33-23-7-5-4-6-8-23)37(17-21-10-13-25-28(15-21)44-19-43-25)29(39)18-38-35-31(34-36-38)22-11-14-24(41-2)27(16-22)42-3/h9-16,23,30H,4-8,17-19H2,1-3H3,(H,33,40)/t30-/m1/s1. The van der Waals surface area contributed by atoms with Gasteiger partial charge in [-0.25, -0.2) is 0 Å². The van der Waals surface area contributed by atoms with Crippen LogP contribution in [0.1, 0.15) is 55.2 Å². The second-order valence-corrected chi connectivity index (χ2v) is 11.1. The van der Waals surface area contributed by atoms with Crippen molar-refractivity contribution in [1.82, 2.24) is 30.4 Å². The van der Waals surface area contributed by atoms with Gasteiger partial charge in [0, 0.05) is 18.2 Å². The number of tetrazole rings is 1. The van der Waals surface area contributed by atoms with Gasteiger partial charge in [-0.3, -0.25) is 9.59 Å². The van der Waals surface area contributed by atoms with Crippen LogP contribution < -0.4 is 24.3 Å². The van der Waals surface area contributed by atoms with Crippen molar-refractivity contribution in [3.63, 3.8) is 0 Å². The van der Waals surface area contributed by atoms with Crippen LogP contribution in [0.2, 0.25) is 0 Å². The number of carbonyl (C=O) groups excluding carboxylic acids is 2. The molecule has 1 aliphatic carbocycles. The monoisotopic (exact) mass is 616 g/mol. The predicted molar refractivity (Wildman–Crippen MR) is 161 cm³/mol. The molecule has 0 bridgehead atoms. The minimum absolute atomic E-state index is 0.0355. The summed E-state index contributed by atoms with van der Waals surface area (Å²) in [5, 5.41) is 15.9. The van der Waals surface area contributed by atoms with Crippen molar-refractivity contribution in [1.29, 1.82) is 0 Å². The first-order valence-corrected chi connectivity index (χ1v) is 15.0. The van der Waals surface area contributed by atoms with Crippen molar-refractivity contribution in [2.24, 2.45) is 0 Å². The third kappa shape index (κ3) is 6.71. The van der Waals surface area contributed by atoms with Crippen LogP contribution in [-0.2, 0) is 22.7 Å². The molecular weight excluding hydrogens is 580 g/mol. The summed E-state index contributed by atoms with van der Waals surface area (Å²) in [6.07, 6.45) is 5.05. The molecule has 2 aliphatic rings. The molecule has 1 aliphatic heterocycles. The first kappa shape index (κ1) is 30.0. The zero-order valence-electron chi connectivity index (χ0n) is 25.5. The largest absolute Gasteiger partial charge is 0.493 e. The van der Waals surface area contributed by atoms with Gasteiger partial charge in [0.2, 0.25) is 18.5 Å². The van der Waals surface area contributed by atoms with Gasteiger partial charge in [0.25, 0.3) is 5.91 Å². The van der Waals surface area contributed by atoms with Crippen LogP contribution in [0.25, 0.3) is 11.4 Å². The number of amides is 2. The van der Waals surface area contributed by atoms with Gasteiger partial charge in [0.1, 0.15) is 18.1 Å². The lowest BCUT2D eigenvalue weighted by Crippen LogP contribution is -2.47. The Balaban J connectivity index is 1.31. The zero-order chi connectivity index (χ0) is 31.3. The molecule has 1 fully saturated rings. The highest BCUT2D eigenvalue weighted by Crippen LogP contribution is 2.35. The molecule has 0 unspecified atom stereocenters. The molecule has 1 atom stereocenters. The summed E-state index contributed by atoms with van der Waals surface area (Å²) in [6.45, 7) is 1.76. The second kappa shape index (κ2) is 13.3. The fourth-order valence-corrected chi connectivity index (χ4v) is 5.72. The molecule has 2 aromatic carbocycles. The highest BCUT2D eigenvalue weighted by molar-refractivity contribution is 5.88. The maximum absolute atomic E-state index is 14.2. The summed E-state index contributed by atoms with van der Waals surface area (Å²) in [5.74, 6) is 2.88. The fourth-order valence-electron chi connectivity index (χ4n) is 5.72. The molecule has 0 saturated heterocycles. The SMILES string of the molecule is COc1ccc(-c2nnn(CC(=O)N(Cc3ccc4c(c3)OCO4)[C@@H](C(=O)NC3CCCCC3)c3ccc(C)o3)n2)cc1OC. The molecular formula is C32H36N6O7. The minimum Gasteiger partial charge on any atom is -0.493 e. The maximum Gasteiger partial charge on any atom is 0.250 e. The van der Waals surface area contributed by atoms with Gasteiger partial charge in [-0.15, -0.1) is 10.2 Å². The van der Waals surface area contributed by atoms with Crippen LogP contribution in [0.15, 0.2) is 52.9 Å². The Morgan fingerprint density at radius 1 is 1.00 bits per heavy atom. The molecule has 236 valence electrons. The third-order valence-corrected chi connectivity index (χ3v) is 8.02. The summed E-state index contributed by atoms with van der Waals surface area (Å²) in [4.78, 5) is 30.9. The van der Waals surface area contributed by atoms with E-state index in [1.807, 2.05) is 12.1 Å². The van der Waals surface area contributed by atoms with E-state index in [4.69, 9.17) is 23.4 Å². The van der Waals surface area contributed by atoms with Gasteiger partial charge in [0.15, 0.2) is 29.0 Å². The Labute approximate surface area is 260 Å². The van der Waals surface area contributed by atoms with Crippen molar-refractivity contribution in [3.8, 4) is 34.4 Å². The Kier molecular flexibility index (Phi) is 8.85. The molecule has 1 saturated carbocycles. The molecule has 13 heteroatoms. The zero-order valence-corrected chi connectivity index (χ0v) is 25.5. The summed E-state index contributed by atoms with van der Waals surface area (Å²) < 4.78 is 27.7. The Bertz CT molecular complexity index is 1660. The number of ether oxygens (including phenoxy) is 4. The summed E-state index contributed by atoms with van der Waals surface area (Å²) in [6, 6.07) is 13.2. The van der Waals surface area contributed by atoms with Crippen LogP contribution in [0.4, 0.5) is 0 Å². The van der Waals surface area contributed by atoms with Gasteiger partial charge in [-0.05, 0) is 73.0 Å². The first-order valence-electron chi connectivity index (χ1n) is 15.0. The quantitative estimate of drug-likeness (QED) is 0.260. The topological polar surface area (TPSA) is 143 Å². The predicted octanol–water partition coefficient (Wildman–Crippen LogP) is 4.21. The van der Waals surface area contributed by atoms with Crippen molar-refractivity contribution in [2.75, 3.05) is 21.0 Å². The average Bonchev–Trinajstić information content (AvgIpc) is 3.82.